The van der Waals surface area contributed by atoms with E-state index in [-0.39, 0.29) is 0 Å². The van der Waals surface area contributed by atoms with Crippen molar-refractivity contribution in [2.24, 2.45) is 0 Å². The van der Waals surface area contributed by atoms with Crippen LogP contribution in [0.1, 0.15) is 5.56 Å². The second-order valence-corrected chi connectivity index (χ2v) is 3.97. The lowest BCUT2D eigenvalue weighted by atomic mass is 10.3. The fraction of sp³-hybridized carbons (Fsp3) is 0.333. The van der Waals surface area contributed by atoms with Gasteiger partial charge in [-0.25, -0.2) is 4.98 Å². The molecule has 0 aliphatic heterocycles. The van der Waals surface area contributed by atoms with Crippen LogP contribution in [0.5, 0.6) is 0 Å². The van der Waals surface area contributed by atoms with Crippen LogP contribution in [0.4, 0.5) is 5.82 Å². The summed E-state index contributed by atoms with van der Waals surface area (Å²) in [5.41, 5.74) is 0.525. The summed E-state index contributed by atoms with van der Waals surface area (Å²) in [6.07, 6.45) is 2.04. The van der Waals surface area contributed by atoms with Gasteiger partial charge in [0, 0.05) is 12.3 Å². The van der Waals surface area contributed by atoms with Gasteiger partial charge in [-0.2, -0.15) is 17.0 Å². The van der Waals surface area contributed by atoms with Gasteiger partial charge < -0.3 is 5.32 Å². The molecule has 0 saturated heterocycles. The van der Waals surface area contributed by atoms with Crippen LogP contribution < -0.4 is 5.32 Å². The van der Waals surface area contributed by atoms with Gasteiger partial charge >= 0.3 is 0 Å². The summed E-state index contributed by atoms with van der Waals surface area (Å²) in [5, 5.41) is 12.1. The molecular weight excluding hydrogens is 218 g/mol. The maximum atomic E-state index is 8.69. The van der Waals surface area contributed by atoms with Crippen LogP contribution in [0.25, 0.3) is 0 Å². The smallest absolute Gasteiger partial charge is 0.132 e. The largest absolute Gasteiger partial charge is 0.369 e. The van der Waals surface area contributed by atoms with Crippen LogP contribution in [0.3, 0.4) is 0 Å². The summed E-state index contributed by atoms with van der Waals surface area (Å²) in [5.74, 6) is 1.65. The highest BCUT2D eigenvalue weighted by Crippen LogP contribution is 2.13. The Morgan fingerprint density at radius 3 is 3.07 bits per heavy atom. The molecule has 0 amide bonds. The summed E-state index contributed by atoms with van der Waals surface area (Å²) in [7, 11) is 0. The zero-order valence-corrected chi connectivity index (χ0v) is 9.32. The van der Waals surface area contributed by atoms with Gasteiger partial charge in [0.2, 0.25) is 0 Å². The van der Waals surface area contributed by atoms with Crippen molar-refractivity contribution in [3.8, 4) is 6.07 Å². The van der Waals surface area contributed by atoms with Crippen LogP contribution in [-0.4, -0.2) is 23.5 Å². The van der Waals surface area contributed by atoms with Crippen molar-refractivity contribution in [1.82, 2.24) is 4.98 Å². The molecule has 1 aromatic rings. The van der Waals surface area contributed by atoms with Gasteiger partial charge in [-0.1, -0.05) is 11.6 Å². The quantitative estimate of drug-likeness (QED) is 0.634. The summed E-state index contributed by atoms with van der Waals surface area (Å²) >= 11 is 7.48. The van der Waals surface area contributed by atoms with Crippen molar-refractivity contribution in [2.75, 3.05) is 23.9 Å². The highest BCUT2D eigenvalue weighted by Gasteiger charge is 1.99. The van der Waals surface area contributed by atoms with E-state index in [9.17, 15) is 0 Å². The maximum absolute atomic E-state index is 8.69. The molecule has 74 valence electrons. The number of aromatic nitrogens is 1. The van der Waals surface area contributed by atoms with Gasteiger partial charge in [-0.15, -0.1) is 0 Å². The molecular formula is C9H10ClN3S. The Hall–Kier alpha value is -0.920. The minimum absolute atomic E-state index is 0.343. The average Bonchev–Trinajstić information content (AvgIpc) is 2.17. The molecule has 0 spiro atoms. The summed E-state index contributed by atoms with van der Waals surface area (Å²) in [4.78, 5) is 4.05. The van der Waals surface area contributed by atoms with Gasteiger partial charge in [0.25, 0.3) is 0 Å². The Labute approximate surface area is 92.5 Å². The lowest BCUT2D eigenvalue weighted by molar-refractivity contribution is 1.17. The van der Waals surface area contributed by atoms with Gasteiger partial charge in [-0.05, 0) is 18.4 Å². The normalized spacial score (nSPS) is 9.50. The lowest BCUT2D eigenvalue weighted by Crippen LogP contribution is -2.05. The molecule has 0 aliphatic carbocycles. The highest BCUT2D eigenvalue weighted by atomic mass is 35.5. The molecule has 1 rings (SSSR count). The molecule has 14 heavy (non-hydrogen) atoms. The van der Waals surface area contributed by atoms with E-state index >= 15 is 0 Å². The molecule has 0 bridgehead atoms. The van der Waals surface area contributed by atoms with Crippen molar-refractivity contribution in [1.29, 1.82) is 5.26 Å². The van der Waals surface area contributed by atoms with Crippen LogP contribution in [-0.2, 0) is 0 Å². The number of nitriles is 1. The topological polar surface area (TPSA) is 48.7 Å². The number of thioether (sulfide) groups is 1. The Morgan fingerprint density at radius 1 is 1.64 bits per heavy atom. The molecule has 1 N–H and O–H groups in total. The minimum Gasteiger partial charge on any atom is -0.369 e. The third-order valence-corrected chi connectivity index (χ3v) is 2.34. The second-order valence-electron chi connectivity index (χ2n) is 2.60. The lowest BCUT2D eigenvalue weighted by Gasteiger charge is -2.04. The molecule has 1 aromatic heterocycles. The molecule has 0 radical (unpaired) electrons. The van der Waals surface area contributed by atoms with E-state index in [1.165, 1.54) is 0 Å². The summed E-state index contributed by atoms with van der Waals surface area (Å²) in [6.45, 7) is 0.819. The molecule has 0 unspecified atom stereocenters. The fourth-order valence-corrected chi connectivity index (χ4v) is 1.45. The predicted octanol–water partition coefficient (Wildman–Crippen LogP) is 2.38. The average molecular weight is 228 g/mol. The van der Waals surface area contributed by atoms with Gasteiger partial charge in [-0.3, -0.25) is 0 Å². The number of rotatable bonds is 4. The molecule has 0 aromatic carbocycles. The van der Waals surface area contributed by atoms with E-state index in [0.29, 0.717) is 16.5 Å². The van der Waals surface area contributed by atoms with Crippen molar-refractivity contribution in [2.45, 2.75) is 0 Å². The first-order chi connectivity index (χ1) is 6.76. The first-order valence-corrected chi connectivity index (χ1v) is 5.84. The second kappa shape index (κ2) is 5.74. The Balaban J connectivity index is 2.68. The van der Waals surface area contributed by atoms with Crippen molar-refractivity contribution >= 4 is 29.2 Å². The zero-order chi connectivity index (χ0) is 10.4. The Bertz CT molecular complexity index is 348. The molecule has 1 heterocycles. The van der Waals surface area contributed by atoms with Gasteiger partial charge in [0.1, 0.15) is 11.0 Å². The highest BCUT2D eigenvalue weighted by molar-refractivity contribution is 7.98. The van der Waals surface area contributed by atoms with Gasteiger partial charge in [0.05, 0.1) is 11.6 Å². The first kappa shape index (κ1) is 11.2. The Morgan fingerprint density at radius 2 is 2.43 bits per heavy atom. The zero-order valence-electron chi connectivity index (χ0n) is 7.75. The predicted molar refractivity (Wildman–Crippen MR) is 60.8 cm³/mol. The SMILES string of the molecule is CSCCNc1cc(C#N)cc(Cl)n1. The van der Waals surface area contributed by atoms with Gasteiger partial charge in [0.15, 0.2) is 0 Å². The number of halogens is 1. The third kappa shape index (κ3) is 3.44. The van der Waals surface area contributed by atoms with Crippen LogP contribution >= 0.6 is 23.4 Å². The van der Waals surface area contributed by atoms with Crippen LogP contribution in [0.15, 0.2) is 12.1 Å². The summed E-state index contributed by atoms with van der Waals surface area (Å²) < 4.78 is 0. The Kier molecular flexibility index (Phi) is 4.57. The van der Waals surface area contributed by atoms with Crippen LogP contribution in [0, 0.1) is 11.3 Å². The molecule has 3 nitrogen and oxygen atoms in total. The third-order valence-electron chi connectivity index (χ3n) is 1.54. The van der Waals surface area contributed by atoms with E-state index in [0.717, 1.165) is 12.3 Å². The maximum Gasteiger partial charge on any atom is 0.132 e. The number of nitrogens with one attached hydrogen (secondary N) is 1. The molecule has 5 heteroatoms. The minimum atomic E-state index is 0.343. The number of nitrogens with zero attached hydrogens (tertiary/aromatic N) is 2. The van der Waals surface area contributed by atoms with Crippen molar-refractivity contribution in [3.63, 3.8) is 0 Å². The first-order valence-electron chi connectivity index (χ1n) is 4.06. The molecule has 0 atom stereocenters. The van der Waals surface area contributed by atoms with E-state index < -0.39 is 0 Å². The van der Waals surface area contributed by atoms with E-state index in [1.807, 2.05) is 12.3 Å². The molecule has 0 fully saturated rings. The standard InChI is InChI=1S/C9H10ClN3S/c1-14-3-2-12-9-5-7(6-11)4-8(10)13-9/h4-5H,2-3H2,1H3,(H,12,13). The molecule has 0 aliphatic rings. The van der Waals surface area contributed by atoms with Crippen molar-refractivity contribution < 1.29 is 0 Å². The van der Waals surface area contributed by atoms with Crippen LogP contribution in [0.2, 0.25) is 5.15 Å². The van der Waals surface area contributed by atoms with E-state index in [2.05, 4.69) is 10.3 Å². The van der Waals surface area contributed by atoms with E-state index in [1.54, 1.807) is 23.9 Å². The molecule has 0 saturated carbocycles. The number of hydrogen-bond donors (Lipinski definition) is 1. The van der Waals surface area contributed by atoms with E-state index in [4.69, 9.17) is 16.9 Å². The monoisotopic (exact) mass is 227 g/mol. The van der Waals surface area contributed by atoms with Crippen molar-refractivity contribution in [3.05, 3.63) is 22.8 Å². The number of hydrogen-bond acceptors (Lipinski definition) is 4. The number of pyridine rings is 1. The fourth-order valence-electron chi connectivity index (χ4n) is 0.933. The summed E-state index contributed by atoms with van der Waals surface area (Å²) in [6, 6.07) is 5.26. The number of anilines is 1.